The Balaban J connectivity index is 2.41. The van der Waals surface area contributed by atoms with Gasteiger partial charge in [0.05, 0.1) is 6.61 Å². The zero-order valence-corrected chi connectivity index (χ0v) is 9.74. The summed E-state index contributed by atoms with van der Waals surface area (Å²) in [6, 6.07) is 4.03. The number of Topliss-reactive ketones (excluding diaryl/α,β-unsaturated/α-hetero) is 1. The average Bonchev–Trinajstić information content (AvgIpc) is 2.35. The molecule has 3 nitrogen and oxygen atoms in total. The lowest BCUT2D eigenvalue weighted by Crippen LogP contribution is -2.03. The van der Waals surface area contributed by atoms with Gasteiger partial charge in [0.1, 0.15) is 12.1 Å². The molecule has 92 valence electrons. The molecule has 0 saturated carbocycles. The van der Waals surface area contributed by atoms with E-state index in [4.69, 9.17) is 4.74 Å². The van der Waals surface area contributed by atoms with Gasteiger partial charge in [0.15, 0.2) is 11.6 Å². The smallest absolute Gasteiger partial charge is 0.165 e. The zero-order chi connectivity index (χ0) is 12.7. The second-order valence-electron chi connectivity index (χ2n) is 3.65. The summed E-state index contributed by atoms with van der Waals surface area (Å²) in [5, 5.41) is 0. The third-order valence-electron chi connectivity index (χ3n) is 2.34. The molecule has 0 aromatic heterocycles. The first-order valence-electron chi connectivity index (χ1n) is 5.56. The Morgan fingerprint density at radius 2 is 2.24 bits per heavy atom. The van der Waals surface area contributed by atoms with E-state index >= 15 is 0 Å². The summed E-state index contributed by atoms with van der Waals surface area (Å²) >= 11 is 0. The van der Waals surface area contributed by atoms with Crippen LogP contribution in [0.2, 0.25) is 0 Å². The highest BCUT2D eigenvalue weighted by atomic mass is 19.1. The van der Waals surface area contributed by atoms with Crippen LogP contribution in [0.4, 0.5) is 4.39 Å². The summed E-state index contributed by atoms with van der Waals surface area (Å²) in [6.45, 7) is 2.10. The van der Waals surface area contributed by atoms with E-state index in [2.05, 4.69) is 0 Å². The first-order chi connectivity index (χ1) is 8.17. The molecule has 0 aliphatic rings. The lowest BCUT2D eigenvalue weighted by molar-refractivity contribution is -0.118. The molecule has 0 aliphatic heterocycles. The molecule has 0 heterocycles. The molecule has 1 aromatic carbocycles. The number of benzene rings is 1. The van der Waals surface area contributed by atoms with Crippen LogP contribution in [0.15, 0.2) is 18.2 Å². The molecule has 0 atom stereocenters. The van der Waals surface area contributed by atoms with Crippen molar-refractivity contribution in [3.05, 3.63) is 29.6 Å². The van der Waals surface area contributed by atoms with Crippen molar-refractivity contribution in [3.63, 3.8) is 0 Å². The first-order valence-corrected chi connectivity index (χ1v) is 5.56. The maximum absolute atomic E-state index is 13.3. The highest BCUT2D eigenvalue weighted by Gasteiger charge is 2.05. The summed E-state index contributed by atoms with van der Waals surface area (Å²) in [5.74, 6) is -0.277. The zero-order valence-electron chi connectivity index (χ0n) is 9.74. The Labute approximate surface area is 99.6 Å². The third-order valence-corrected chi connectivity index (χ3v) is 2.34. The molecular weight excluding hydrogens is 223 g/mol. The van der Waals surface area contributed by atoms with Gasteiger partial charge in [-0.1, -0.05) is 6.92 Å². The van der Waals surface area contributed by atoms with Crippen molar-refractivity contribution >= 4 is 12.1 Å². The Bertz CT molecular complexity index is 402. The molecule has 17 heavy (non-hydrogen) atoms. The molecule has 4 heteroatoms. The van der Waals surface area contributed by atoms with Crippen LogP contribution in [0, 0.1) is 5.82 Å². The minimum Gasteiger partial charge on any atom is -0.491 e. The maximum Gasteiger partial charge on any atom is 0.165 e. The first kappa shape index (κ1) is 13.4. The van der Waals surface area contributed by atoms with Gasteiger partial charge in [0, 0.05) is 18.4 Å². The van der Waals surface area contributed by atoms with Crippen LogP contribution < -0.4 is 4.74 Å². The number of hydrogen-bond acceptors (Lipinski definition) is 3. The van der Waals surface area contributed by atoms with E-state index in [1.807, 2.05) is 0 Å². The number of hydrogen-bond donors (Lipinski definition) is 0. The van der Waals surface area contributed by atoms with Crippen molar-refractivity contribution in [3.8, 4) is 5.75 Å². The van der Waals surface area contributed by atoms with Crippen molar-refractivity contribution in [2.75, 3.05) is 6.61 Å². The van der Waals surface area contributed by atoms with E-state index in [0.717, 1.165) is 6.07 Å². The monoisotopic (exact) mass is 238 g/mol. The summed E-state index contributed by atoms with van der Waals surface area (Å²) < 4.78 is 18.5. The van der Waals surface area contributed by atoms with Gasteiger partial charge in [-0.25, -0.2) is 4.39 Å². The molecular formula is C13H15FO3. The van der Waals surface area contributed by atoms with Gasteiger partial charge in [0.2, 0.25) is 0 Å². The van der Waals surface area contributed by atoms with Crippen molar-refractivity contribution in [1.29, 1.82) is 0 Å². The van der Waals surface area contributed by atoms with Crippen LogP contribution in [0.5, 0.6) is 5.75 Å². The molecule has 0 fully saturated rings. The predicted molar refractivity (Wildman–Crippen MR) is 61.8 cm³/mol. The molecule has 0 N–H and O–H groups in total. The SMILES string of the molecule is CCC(=O)CCCOc1ccc(C=O)cc1F. The topological polar surface area (TPSA) is 43.4 Å². The van der Waals surface area contributed by atoms with E-state index in [1.165, 1.54) is 12.1 Å². The van der Waals surface area contributed by atoms with Crippen LogP contribution >= 0.6 is 0 Å². The van der Waals surface area contributed by atoms with Gasteiger partial charge in [-0.3, -0.25) is 9.59 Å². The number of ketones is 1. The van der Waals surface area contributed by atoms with Gasteiger partial charge in [-0.05, 0) is 24.6 Å². The lowest BCUT2D eigenvalue weighted by Gasteiger charge is -2.06. The summed E-state index contributed by atoms with van der Waals surface area (Å²) in [4.78, 5) is 21.4. The molecule has 0 bridgehead atoms. The Morgan fingerprint density at radius 3 is 2.82 bits per heavy atom. The third kappa shape index (κ3) is 4.34. The Kier molecular flexibility index (Phi) is 5.33. The lowest BCUT2D eigenvalue weighted by atomic mass is 10.2. The minimum atomic E-state index is -0.559. The van der Waals surface area contributed by atoms with Crippen molar-refractivity contribution in [2.45, 2.75) is 26.2 Å². The number of rotatable bonds is 7. The molecule has 0 amide bonds. The van der Waals surface area contributed by atoms with E-state index < -0.39 is 5.82 Å². The van der Waals surface area contributed by atoms with E-state index in [0.29, 0.717) is 32.2 Å². The molecule has 0 spiro atoms. The minimum absolute atomic E-state index is 0.111. The highest BCUT2D eigenvalue weighted by molar-refractivity contribution is 5.77. The van der Waals surface area contributed by atoms with Gasteiger partial charge in [-0.2, -0.15) is 0 Å². The van der Waals surface area contributed by atoms with Crippen molar-refractivity contribution < 1.29 is 18.7 Å². The van der Waals surface area contributed by atoms with Crippen LogP contribution in [0.25, 0.3) is 0 Å². The van der Waals surface area contributed by atoms with Crippen LogP contribution in [0.1, 0.15) is 36.5 Å². The molecule has 0 radical (unpaired) electrons. The second kappa shape index (κ2) is 6.78. The predicted octanol–water partition coefficient (Wildman–Crippen LogP) is 2.78. The van der Waals surface area contributed by atoms with Crippen LogP contribution in [-0.2, 0) is 4.79 Å². The number of carbonyl (C=O) groups excluding carboxylic acids is 2. The van der Waals surface area contributed by atoms with E-state index in [1.54, 1.807) is 6.92 Å². The summed E-state index contributed by atoms with van der Waals surface area (Å²) in [5.41, 5.74) is 0.274. The number of ether oxygens (including phenoxy) is 1. The largest absolute Gasteiger partial charge is 0.491 e. The van der Waals surface area contributed by atoms with Gasteiger partial charge < -0.3 is 4.74 Å². The maximum atomic E-state index is 13.3. The second-order valence-corrected chi connectivity index (χ2v) is 3.65. The Hall–Kier alpha value is -1.71. The quantitative estimate of drug-likeness (QED) is 0.542. The van der Waals surface area contributed by atoms with Crippen molar-refractivity contribution in [2.24, 2.45) is 0 Å². The molecule has 0 aliphatic carbocycles. The fraction of sp³-hybridized carbons (Fsp3) is 0.385. The van der Waals surface area contributed by atoms with Crippen molar-refractivity contribution in [1.82, 2.24) is 0 Å². The molecule has 1 rings (SSSR count). The average molecular weight is 238 g/mol. The fourth-order valence-electron chi connectivity index (χ4n) is 1.34. The van der Waals surface area contributed by atoms with Crippen LogP contribution in [-0.4, -0.2) is 18.7 Å². The highest BCUT2D eigenvalue weighted by Crippen LogP contribution is 2.17. The standard InChI is InChI=1S/C13H15FO3/c1-2-11(16)4-3-7-17-13-6-5-10(9-15)8-12(13)14/h5-6,8-9H,2-4,7H2,1H3. The van der Waals surface area contributed by atoms with E-state index in [-0.39, 0.29) is 17.1 Å². The number of carbonyl (C=O) groups is 2. The normalized spacial score (nSPS) is 10.0. The van der Waals surface area contributed by atoms with E-state index in [9.17, 15) is 14.0 Å². The number of aldehydes is 1. The van der Waals surface area contributed by atoms with Gasteiger partial charge >= 0.3 is 0 Å². The van der Waals surface area contributed by atoms with Gasteiger partial charge in [0.25, 0.3) is 0 Å². The molecule has 0 unspecified atom stereocenters. The Morgan fingerprint density at radius 1 is 1.47 bits per heavy atom. The molecule has 0 saturated heterocycles. The van der Waals surface area contributed by atoms with Gasteiger partial charge in [-0.15, -0.1) is 0 Å². The van der Waals surface area contributed by atoms with Crippen LogP contribution in [0.3, 0.4) is 0 Å². The fourth-order valence-corrected chi connectivity index (χ4v) is 1.34. The summed E-state index contributed by atoms with van der Waals surface area (Å²) in [6.07, 6.45) is 2.11. The summed E-state index contributed by atoms with van der Waals surface area (Å²) in [7, 11) is 0. The molecule has 1 aromatic rings. The number of halogens is 1.